The highest BCUT2D eigenvalue weighted by Gasteiger charge is 2.33. The fourth-order valence-electron chi connectivity index (χ4n) is 4.50. The van der Waals surface area contributed by atoms with Crippen LogP contribution in [0.25, 0.3) is 0 Å². The second-order valence-corrected chi connectivity index (χ2v) is 9.34. The van der Waals surface area contributed by atoms with Gasteiger partial charge < -0.3 is 15.1 Å². The summed E-state index contributed by atoms with van der Waals surface area (Å²) >= 11 is 1.59. The molecule has 1 N–H and O–H groups in total. The van der Waals surface area contributed by atoms with Crippen molar-refractivity contribution < 1.29 is 9.59 Å². The Kier molecular flexibility index (Phi) is 7.59. The molecule has 3 heterocycles. The summed E-state index contributed by atoms with van der Waals surface area (Å²) in [6.07, 6.45) is 3.01. The first-order valence-electron chi connectivity index (χ1n) is 11.3. The van der Waals surface area contributed by atoms with Gasteiger partial charge in [0.15, 0.2) is 0 Å². The highest BCUT2D eigenvalue weighted by Crippen LogP contribution is 2.20. The lowest BCUT2D eigenvalue weighted by atomic mass is 10.2. The summed E-state index contributed by atoms with van der Waals surface area (Å²) in [7, 11) is 0. The van der Waals surface area contributed by atoms with E-state index in [1.807, 2.05) is 17.5 Å². The fourth-order valence-corrected chi connectivity index (χ4v) is 5.20. The van der Waals surface area contributed by atoms with E-state index in [1.54, 1.807) is 16.2 Å². The number of likely N-dealkylation sites (tertiary alicyclic amines) is 1. The Morgan fingerprint density at radius 2 is 1.81 bits per heavy atom. The Morgan fingerprint density at radius 3 is 2.55 bits per heavy atom. The second-order valence-electron chi connectivity index (χ2n) is 8.31. The molecule has 0 spiro atoms. The third-order valence-electron chi connectivity index (χ3n) is 6.23. The number of rotatable bonds is 8. The van der Waals surface area contributed by atoms with Crippen molar-refractivity contribution in [1.29, 1.82) is 0 Å². The number of amides is 2. The van der Waals surface area contributed by atoms with E-state index in [2.05, 4.69) is 45.4 Å². The van der Waals surface area contributed by atoms with Crippen molar-refractivity contribution in [1.82, 2.24) is 15.1 Å². The predicted molar refractivity (Wildman–Crippen MR) is 125 cm³/mol. The third kappa shape index (κ3) is 5.86. The maximum absolute atomic E-state index is 12.7. The SMILES string of the molecule is O=C(NCCCN1CCN(c2ccccc2)CC1)C1CCCN1C(=O)Cc1cccs1. The van der Waals surface area contributed by atoms with Crippen molar-refractivity contribution in [3.05, 3.63) is 52.7 Å². The highest BCUT2D eigenvalue weighted by atomic mass is 32.1. The normalized spacial score (nSPS) is 19.5. The molecule has 166 valence electrons. The van der Waals surface area contributed by atoms with Gasteiger partial charge in [-0.2, -0.15) is 0 Å². The van der Waals surface area contributed by atoms with Gasteiger partial charge in [-0.3, -0.25) is 14.5 Å². The van der Waals surface area contributed by atoms with E-state index in [-0.39, 0.29) is 17.9 Å². The summed E-state index contributed by atoms with van der Waals surface area (Å²) < 4.78 is 0. The van der Waals surface area contributed by atoms with Crippen molar-refractivity contribution in [2.45, 2.75) is 31.7 Å². The van der Waals surface area contributed by atoms with Gasteiger partial charge in [0, 0.05) is 49.8 Å². The van der Waals surface area contributed by atoms with Gasteiger partial charge in [0.2, 0.25) is 11.8 Å². The van der Waals surface area contributed by atoms with Gasteiger partial charge in [0.05, 0.1) is 6.42 Å². The van der Waals surface area contributed by atoms with Crippen molar-refractivity contribution in [2.75, 3.05) is 50.7 Å². The predicted octanol–water partition coefficient (Wildman–Crippen LogP) is 2.61. The molecular weight excluding hydrogens is 408 g/mol. The zero-order valence-corrected chi connectivity index (χ0v) is 18.9. The van der Waals surface area contributed by atoms with Crippen molar-refractivity contribution in [2.24, 2.45) is 0 Å². The summed E-state index contributed by atoms with van der Waals surface area (Å²) in [5.74, 6) is 0.0716. The van der Waals surface area contributed by atoms with Crippen LogP contribution in [0.1, 0.15) is 24.1 Å². The van der Waals surface area contributed by atoms with E-state index in [1.165, 1.54) is 5.69 Å². The Bertz CT molecular complexity index is 835. The van der Waals surface area contributed by atoms with Crippen molar-refractivity contribution in [3.8, 4) is 0 Å². The summed E-state index contributed by atoms with van der Waals surface area (Å²) in [6.45, 7) is 6.54. The number of hydrogen-bond acceptors (Lipinski definition) is 5. The maximum atomic E-state index is 12.7. The van der Waals surface area contributed by atoms with Crippen LogP contribution in [0.15, 0.2) is 47.8 Å². The molecule has 2 aliphatic rings. The highest BCUT2D eigenvalue weighted by molar-refractivity contribution is 7.10. The van der Waals surface area contributed by atoms with Gasteiger partial charge in [-0.1, -0.05) is 24.3 Å². The van der Waals surface area contributed by atoms with Crippen LogP contribution in [0, 0.1) is 0 Å². The quantitative estimate of drug-likeness (QED) is 0.641. The molecule has 0 radical (unpaired) electrons. The molecule has 2 amide bonds. The Hall–Kier alpha value is -2.38. The molecule has 2 saturated heterocycles. The molecule has 0 bridgehead atoms. The van der Waals surface area contributed by atoms with Gasteiger partial charge in [0.1, 0.15) is 6.04 Å². The average Bonchev–Trinajstić information content (AvgIpc) is 3.50. The molecule has 7 heteroatoms. The van der Waals surface area contributed by atoms with Gasteiger partial charge in [0.25, 0.3) is 0 Å². The number of anilines is 1. The van der Waals surface area contributed by atoms with Crippen LogP contribution < -0.4 is 10.2 Å². The lowest BCUT2D eigenvalue weighted by Gasteiger charge is -2.36. The molecule has 31 heavy (non-hydrogen) atoms. The Morgan fingerprint density at radius 1 is 1.00 bits per heavy atom. The molecule has 0 saturated carbocycles. The Balaban J connectivity index is 1.14. The molecule has 6 nitrogen and oxygen atoms in total. The largest absolute Gasteiger partial charge is 0.369 e. The van der Waals surface area contributed by atoms with E-state index in [9.17, 15) is 9.59 Å². The molecule has 0 aliphatic carbocycles. The minimum atomic E-state index is -0.304. The van der Waals surface area contributed by atoms with Gasteiger partial charge >= 0.3 is 0 Å². The van der Waals surface area contributed by atoms with Gasteiger partial charge in [-0.15, -0.1) is 11.3 Å². The van der Waals surface area contributed by atoms with E-state index >= 15 is 0 Å². The van der Waals surface area contributed by atoms with Crippen molar-refractivity contribution in [3.63, 3.8) is 0 Å². The van der Waals surface area contributed by atoms with E-state index in [0.29, 0.717) is 19.5 Å². The molecule has 1 aromatic carbocycles. The third-order valence-corrected chi connectivity index (χ3v) is 7.10. The zero-order valence-electron chi connectivity index (χ0n) is 18.0. The van der Waals surface area contributed by atoms with E-state index in [4.69, 9.17) is 0 Å². The average molecular weight is 441 g/mol. The summed E-state index contributed by atoms with van der Waals surface area (Å²) in [5.41, 5.74) is 1.30. The van der Waals surface area contributed by atoms with Gasteiger partial charge in [-0.25, -0.2) is 0 Å². The summed E-state index contributed by atoms with van der Waals surface area (Å²) in [4.78, 5) is 33.1. The monoisotopic (exact) mass is 440 g/mol. The first-order valence-corrected chi connectivity index (χ1v) is 12.2. The summed E-state index contributed by atoms with van der Waals surface area (Å²) in [5, 5.41) is 5.06. The van der Waals surface area contributed by atoms with Crippen LogP contribution in [0.5, 0.6) is 0 Å². The van der Waals surface area contributed by atoms with Crippen LogP contribution in [0.4, 0.5) is 5.69 Å². The van der Waals surface area contributed by atoms with Crippen LogP contribution >= 0.6 is 11.3 Å². The number of thiophene rings is 1. The van der Waals surface area contributed by atoms with E-state index < -0.39 is 0 Å². The maximum Gasteiger partial charge on any atom is 0.242 e. The minimum Gasteiger partial charge on any atom is -0.369 e. The first-order chi connectivity index (χ1) is 15.2. The molecule has 4 rings (SSSR count). The summed E-state index contributed by atoms with van der Waals surface area (Å²) in [6, 6.07) is 14.2. The smallest absolute Gasteiger partial charge is 0.242 e. The topological polar surface area (TPSA) is 55.9 Å². The second kappa shape index (κ2) is 10.8. The van der Waals surface area contributed by atoms with Crippen LogP contribution in [-0.4, -0.2) is 73.5 Å². The fraction of sp³-hybridized carbons (Fsp3) is 0.500. The van der Waals surface area contributed by atoms with Crippen LogP contribution in [-0.2, 0) is 16.0 Å². The number of carbonyl (C=O) groups excluding carboxylic acids is 2. The van der Waals surface area contributed by atoms with Gasteiger partial charge in [-0.05, 0) is 49.4 Å². The van der Waals surface area contributed by atoms with Crippen LogP contribution in [0.3, 0.4) is 0 Å². The standard InChI is InChI=1S/C24H32N4O2S/c29-23(19-21-9-5-18-31-21)28-13-4-10-22(28)24(30)25-11-6-12-26-14-16-27(17-15-26)20-7-2-1-3-8-20/h1-3,5,7-9,18,22H,4,6,10-17,19H2,(H,25,30). The molecular formula is C24H32N4O2S. The number of para-hydroxylation sites is 1. The molecule has 1 unspecified atom stereocenters. The number of hydrogen-bond donors (Lipinski definition) is 1. The molecule has 2 fully saturated rings. The van der Waals surface area contributed by atoms with Crippen molar-refractivity contribution >= 4 is 28.8 Å². The number of piperazine rings is 1. The number of nitrogens with one attached hydrogen (secondary N) is 1. The molecule has 2 aromatic rings. The molecule has 1 atom stereocenters. The number of benzene rings is 1. The number of carbonyl (C=O) groups is 2. The molecule has 2 aliphatic heterocycles. The van der Waals surface area contributed by atoms with E-state index in [0.717, 1.165) is 56.9 Å². The van der Waals surface area contributed by atoms with Crippen LogP contribution in [0.2, 0.25) is 0 Å². The lowest BCUT2D eigenvalue weighted by molar-refractivity contribution is -0.137. The zero-order chi connectivity index (χ0) is 21.5. The Labute approximate surface area is 188 Å². The first kappa shape index (κ1) is 21.8. The molecule has 1 aromatic heterocycles. The number of nitrogens with zero attached hydrogens (tertiary/aromatic N) is 3. The lowest BCUT2D eigenvalue weighted by Crippen LogP contribution is -2.48. The minimum absolute atomic E-state index is 0.00549.